The maximum Gasteiger partial charge on any atom is 0.306 e. The highest BCUT2D eigenvalue weighted by atomic mass is 16.5. The second-order valence-corrected chi connectivity index (χ2v) is 4.61. The Morgan fingerprint density at radius 2 is 1.15 bits per heavy atom. The Labute approximate surface area is 120 Å². The molecule has 0 aromatic rings. The SMILES string of the molecule is CO[C@H](C)CCOC(=O)CCC(=O)OCC[C@H](C)OC. The van der Waals surface area contributed by atoms with Crippen LogP contribution in [0.1, 0.15) is 39.5 Å². The van der Waals surface area contributed by atoms with Crippen LogP contribution in [0.4, 0.5) is 0 Å². The number of carbonyl (C=O) groups is 2. The van der Waals surface area contributed by atoms with Crippen molar-refractivity contribution in [3.8, 4) is 0 Å². The lowest BCUT2D eigenvalue weighted by Gasteiger charge is -2.10. The van der Waals surface area contributed by atoms with Crippen molar-refractivity contribution in [2.24, 2.45) is 0 Å². The molecule has 6 heteroatoms. The average molecular weight is 290 g/mol. The Kier molecular flexibility index (Phi) is 11.0. The lowest BCUT2D eigenvalue weighted by Crippen LogP contribution is -2.15. The Morgan fingerprint density at radius 3 is 1.45 bits per heavy atom. The van der Waals surface area contributed by atoms with E-state index in [1.807, 2.05) is 13.8 Å². The van der Waals surface area contributed by atoms with Gasteiger partial charge in [-0.1, -0.05) is 0 Å². The van der Waals surface area contributed by atoms with Crippen LogP contribution in [0.5, 0.6) is 0 Å². The van der Waals surface area contributed by atoms with E-state index >= 15 is 0 Å². The second kappa shape index (κ2) is 11.7. The summed E-state index contributed by atoms with van der Waals surface area (Å²) in [6, 6.07) is 0. The molecule has 6 nitrogen and oxygen atoms in total. The normalized spacial score (nSPS) is 13.6. The predicted octanol–water partition coefficient (Wildman–Crippen LogP) is 1.70. The van der Waals surface area contributed by atoms with E-state index in [2.05, 4.69) is 0 Å². The summed E-state index contributed by atoms with van der Waals surface area (Å²) in [5.74, 6) is -0.786. The molecule has 0 heterocycles. The van der Waals surface area contributed by atoms with Gasteiger partial charge in [-0.2, -0.15) is 0 Å². The van der Waals surface area contributed by atoms with Gasteiger partial charge in [0, 0.05) is 27.1 Å². The minimum Gasteiger partial charge on any atom is -0.466 e. The van der Waals surface area contributed by atoms with Crippen molar-refractivity contribution in [3.63, 3.8) is 0 Å². The summed E-state index contributed by atoms with van der Waals surface area (Å²) in [6.07, 6.45) is 1.47. The Balaban J connectivity index is 3.56. The van der Waals surface area contributed by atoms with Crippen molar-refractivity contribution in [3.05, 3.63) is 0 Å². The predicted molar refractivity (Wildman–Crippen MR) is 73.3 cm³/mol. The van der Waals surface area contributed by atoms with Crippen LogP contribution in [-0.2, 0) is 28.5 Å². The zero-order valence-corrected chi connectivity index (χ0v) is 12.8. The Morgan fingerprint density at radius 1 is 0.800 bits per heavy atom. The van der Waals surface area contributed by atoms with Crippen molar-refractivity contribution in [2.45, 2.75) is 51.7 Å². The summed E-state index contributed by atoms with van der Waals surface area (Å²) in [5, 5.41) is 0. The summed E-state index contributed by atoms with van der Waals surface area (Å²) in [5.41, 5.74) is 0. The molecular weight excluding hydrogens is 264 g/mol. The zero-order valence-electron chi connectivity index (χ0n) is 12.8. The summed E-state index contributed by atoms with van der Waals surface area (Å²) >= 11 is 0. The molecule has 0 aromatic carbocycles. The largest absolute Gasteiger partial charge is 0.466 e. The number of ether oxygens (including phenoxy) is 4. The Bertz CT molecular complexity index is 251. The zero-order chi connectivity index (χ0) is 15.4. The van der Waals surface area contributed by atoms with Crippen LogP contribution < -0.4 is 0 Å². The molecule has 0 N–H and O–H groups in total. The molecule has 0 rings (SSSR count). The quantitative estimate of drug-likeness (QED) is 0.539. The molecule has 0 saturated carbocycles. The van der Waals surface area contributed by atoms with Crippen LogP contribution >= 0.6 is 0 Å². The van der Waals surface area contributed by atoms with E-state index in [4.69, 9.17) is 18.9 Å². The summed E-state index contributed by atoms with van der Waals surface area (Å²) < 4.78 is 20.0. The van der Waals surface area contributed by atoms with E-state index in [9.17, 15) is 9.59 Å². The van der Waals surface area contributed by atoms with Crippen LogP contribution in [0.3, 0.4) is 0 Å². The summed E-state index contributed by atoms with van der Waals surface area (Å²) in [4.78, 5) is 22.7. The molecule has 0 bridgehead atoms. The maximum absolute atomic E-state index is 11.4. The first-order valence-electron chi connectivity index (χ1n) is 6.86. The monoisotopic (exact) mass is 290 g/mol. The van der Waals surface area contributed by atoms with E-state index in [0.29, 0.717) is 26.1 Å². The number of carbonyl (C=O) groups excluding carboxylic acids is 2. The fourth-order valence-electron chi connectivity index (χ4n) is 1.26. The average Bonchev–Trinajstić information content (AvgIpc) is 2.44. The molecule has 0 aliphatic carbocycles. The molecular formula is C14H26O6. The number of hydrogen-bond acceptors (Lipinski definition) is 6. The first-order chi connectivity index (χ1) is 9.49. The van der Waals surface area contributed by atoms with Gasteiger partial charge < -0.3 is 18.9 Å². The van der Waals surface area contributed by atoms with Crippen molar-refractivity contribution < 1.29 is 28.5 Å². The van der Waals surface area contributed by atoms with E-state index < -0.39 is 11.9 Å². The number of methoxy groups -OCH3 is 2. The highest BCUT2D eigenvalue weighted by Crippen LogP contribution is 2.01. The molecule has 2 atom stereocenters. The third-order valence-electron chi connectivity index (χ3n) is 2.91. The molecule has 0 radical (unpaired) electrons. The van der Waals surface area contributed by atoms with E-state index in [1.54, 1.807) is 14.2 Å². The van der Waals surface area contributed by atoms with Gasteiger partial charge in [-0.3, -0.25) is 9.59 Å². The molecule has 118 valence electrons. The molecule has 0 aromatic heterocycles. The van der Waals surface area contributed by atoms with Gasteiger partial charge in [0.2, 0.25) is 0 Å². The first-order valence-corrected chi connectivity index (χ1v) is 6.86. The van der Waals surface area contributed by atoms with Gasteiger partial charge in [0.25, 0.3) is 0 Å². The molecule has 0 aliphatic heterocycles. The lowest BCUT2D eigenvalue weighted by atomic mass is 10.3. The molecule has 0 amide bonds. The van der Waals surface area contributed by atoms with E-state index in [-0.39, 0.29) is 25.0 Å². The Hall–Kier alpha value is -1.14. The number of rotatable bonds is 11. The molecule has 0 aliphatic rings. The van der Waals surface area contributed by atoms with Crippen molar-refractivity contribution in [1.82, 2.24) is 0 Å². The maximum atomic E-state index is 11.4. The van der Waals surface area contributed by atoms with Crippen LogP contribution in [0.25, 0.3) is 0 Å². The molecule has 0 spiro atoms. The first kappa shape index (κ1) is 18.9. The smallest absolute Gasteiger partial charge is 0.306 e. The van der Waals surface area contributed by atoms with Crippen molar-refractivity contribution >= 4 is 11.9 Å². The minimum absolute atomic E-state index is 0.0417. The second-order valence-electron chi connectivity index (χ2n) is 4.61. The number of hydrogen-bond donors (Lipinski definition) is 0. The van der Waals surface area contributed by atoms with Gasteiger partial charge in [0.1, 0.15) is 0 Å². The molecule has 0 saturated heterocycles. The third-order valence-corrected chi connectivity index (χ3v) is 2.91. The molecule has 20 heavy (non-hydrogen) atoms. The topological polar surface area (TPSA) is 71.1 Å². The van der Waals surface area contributed by atoms with Gasteiger partial charge in [0.15, 0.2) is 0 Å². The van der Waals surface area contributed by atoms with Gasteiger partial charge in [-0.25, -0.2) is 0 Å². The highest BCUT2D eigenvalue weighted by molar-refractivity contribution is 5.77. The van der Waals surface area contributed by atoms with Gasteiger partial charge in [-0.05, 0) is 13.8 Å². The summed E-state index contributed by atoms with van der Waals surface area (Å²) in [6.45, 7) is 4.39. The molecule has 0 fully saturated rings. The van der Waals surface area contributed by atoms with Crippen LogP contribution in [-0.4, -0.2) is 51.6 Å². The lowest BCUT2D eigenvalue weighted by molar-refractivity contribution is -0.151. The highest BCUT2D eigenvalue weighted by Gasteiger charge is 2.10. The van der Waals surface area contributed by atoms with Crippen molar-refractivity contribution in [2.75, 3.05) is 27.4 Å². The summed E-state index contributed by atoms with van der Waals surface area (Å²) in [7, 11) is 3.21. The number of esters is 2. The van der Waals surface area contributed by atoms with Gasteiger partial charge >= 0.3 is 11.9 Å². The van der Waals surface area contributed by atoms with Gasteiger partial charge in [0.05, 0.1) is 38.3 Å². The minimum atomic E-state index is -0.393. The van der Waals surface area contributed by atoms with Crippen LogP contribution in [0.2, 0.25) is 0 Å². The van der Waals surface area contributed by atoms with E-state index in [1.165, 1.54) is 0 Å². The fourth-order valence-corrected chi connectivity index (χ4v) is 1.26. The van der Waals surface area contributed by atoms with E-state index in [0.717, 1.165) is 0 Å². The van der Waals surface area contributed by atoms with Crippen LogP contribution in [0.15, 0.2) is 0 Å². The van der Waals surface area contributed by atoms with Crippen LogP contribution in [0, 0.1) is 0 Å². The third kappa shape index (κ3) is 10.8. The van der Waals surface area contributed by atoms with Gasteiger partial charge in [-0.15, -0.1) is 0 Å². The molecule has 0 unspecified atom stereocenters. The van der Waals surface area contributed by atoms with Crippen molar-refractivity contribution in [1.29, 1.82) is 0 Å². The fraction of sp³-hybridized carbons (Fsp3) is 0.857. The standard InChI is InChI=1S/C14H26O6/c1-11(17-3)7-9-19-13(15)5-6-14(16)20-10-8-12(2)18-4/h11-12H,5-10H2,1-4H3/t11-,12+.